The van der Waals surface area contributed by atoms with Gasteiger partial charge in [-0.2, -0.15) is 9.48 Å². The molecule has 0 spiro atoms. The molecule has 144 valence electrons. The van der Waals surface area contributed by atoms with Crippen LogP contribution in [0.2, 0.25) is 10.0 Å². The summed E-state index contributed by atoms with van der Waals surface area (Å²) in [6.07, 6.45) is 0. The molecular formula is C17H12Cl2N4O5. The fourth-order valence-corrected chi connectivity index (χ4v) is 3.22. The van der Waals surface area contributed by atoms with E-state index in [2.05, 4.69) is 10.6 Å². The largest absolute Gasteiger partial charge is 0.374 e. The van der Waals surface area contributed by atoms with Crippen LogP contribution in [0.15, 0.2) is 42.9 Å². The van der Waals surface area contributed by atoms with Crippen LogP contribution in [0.3, 0.4) is 0 Å². The van der Waals surface area contributed by atoms with Gasteiger partial charge in [-0.3, -0.25) is 9.59 Å². The van der Waals surface area contributed by atoms with Crippen LogP contribution in [0.25, 0.3) is 21.9 Å². The molecule has 0 radical (unpaired) electrons. The predicted octanol–water partition coefficient (Wildman–Crippen LogP) is 3.53. The molecule has 0 aliphatic heterocycles. The number of benzene rings is 2. The van der Waals surface area contributed by atoms with Crippen LogP contribution in [0, 0.1) is 0 Å². The minimum atomic E-state index is -0.721. The Hall–Kier alpha value is -3.17. The number of fused-ring (bicyclic) bond motifs is 2. The van der Waals surface area contributed by atoms with Gasteiger partial charge < -0.3 is 19.7 Å². The van der Waals surface area contributed by atoms with Crippen molar-refractivity contribution in [2.45, 2.75) is 0 Å². The van der Waals surface area contributed by atoms with Crippen molar-refractivity contribution in [2.75, 3.05) is 10.6 Å². The van der Waals surface area contributed by atoms with Gasteiger partial charge in [0, 0.05) is 14.1 Å². The third-order valence-electron chi connectivity index (χ3n) is 4.18. The molecule has 4 aromatic rings. The standard InChI is InChI=1S/C17H12Cl2N4O5/c1-22-15(24)7-3-5-9(18)11(13(7)27-22)20-17(26)21-12-10(19)6-4-8-14(12)28-23(2)16(8)25/h3-6H,1-2H3,(H2,20,21,26). The second-order valence-electron chi connectivity index (χ2n) is 5.97. The smallest absolute Gasteiger partial charge is 0.323 e. The van der Waals surface area contributed by atoms with Gasteiger partial charge in [0.25, 0.3) is 11.1 Å². The molecule has 2 aromatic heterocycles. The van der Waals surface area contributed by atoms with Gasteiger partial charge in [-0.1, -0.05) is 23.2 Å². The number of aromatic nitrogens is 2. The molecule has 0 saturated heterocycles. The zero-order valence-corrected chi connectivity index (χ0v) is 16.0. The van der Waals surface area contributed by atoms with E-state index in [1.165, 1.54) is 38.4 Å². The molecule has 0 aliphatic rings. The SMILES string of the molecule is Cn1oc2c(NC(=O)Nc3c(Cl)ccc4c(=O)n(C)oc34)c(Cl)ccc2c1=O. The van der Waals surface area contributed by atoms with Crippen molar-refractivity contribution in [3.05, 3.63) is 55.0 Å². The first-order valence-corrected chi connectivity index (χ1v) is 8.68. The van der Waals surface area contributed by atoms with Crippen LogP contribution in [0.4, 0.5) is 16.2 Å². The van der Waals surface area contributed by atoms with Gasteiger partial charge >= 0.3 is 6.03 Å². The lowest BCUT2D eigenvalue weighted by Gasteiger charge is -2.10. The molecule has 9 nitrogen and oxygen atoms in total. The van der Waals surface area contributed by atoms with Gasteiger partial charge in [0.1, 0.15) is 11.4 Å². The second-order valence-corrected chi connectivity index (χ2v) is 6.78. The van der Waals surface area contributed by atoms with Crippen LogP contribution in [-0.2, 0) is 14.1 Å². The molecule has 0 saturated carbocycles. The van der Waals surface area contributed by atoms with E-state index in [1.54, 1.807) is 0 Å². The molecule has 0 unspecified atom stereocenters. The topological polar surface area (TPSA) is 111 Å². The van der Waals surface area contributed by atoms with E-state index in [-0.39, 0.29) is 54.5 Å². The van der Waals surface area contributed by atoms with Gasteiger partial charge in [0.2, 0.25) is 0 Å². The van der Waals surface area contributed by atoms with Crippen molar-refractivity contribution in [3.63, 3.8) is 0 Å². The molecule has 0 aliphatic carbocycles. The summed E-state index contributed by atoms with van der Waals surface area (Å²) in [7, 11) is 2.88. The third-order valence-corrected chi connectivity index (χ3v) is 4.81. The quantitative estimate of drug-likeness (QED) is 0.513. The van der Waals surface area contributed by atoms with Crippen molar-refractivity contribution < 1.29 is 13.8 Å². The van der Waals surface area contributed by atoms with Gasteiger partial charge in [0.05, 0.1) is 20.8 Å². The number of urea groups is 1. The monoisotopic (exact) mass is 422 g/mol. The van der Waals surface area contributed by atoms with Gasteiger partial charge in [-0.05, 0) is 24.3 Å². The number of nitrogens with one attached hydrogen (secondary N) is 2. The lowest BCUT2D eigenvalue weighted by Crippen LogP contribution is -2.20. The molecule has 11 heteroatoms. The summed E-state index contributed by atoms with van der Waals surface area (Å²) in [6, 6.07) is 5.23. The van der Waals surface area contributed by atoms with E-state index in [0.29, 0.717) is 0 Å². The maximum absolute atomic E-state index is 12.6. The Kier molecular flexibility index (Phi) is 4.20. The summed E-state index contributed by atoms with van der Waals surface area (Å²) in [5.41, 5.74) is -0.237. The lowest BCUT2D eigenvalue weighted by molar-refractivity contribution is 0.262. The second kappa shape index (κ2) is 6.47. The first kappa shape index (κ1) is 18.2. The predicted molar refractivity (Wildman–Crippen MR) is 106 cm³/mol. The third kappa shape index (κ3) is 2.76. The number of carbonyl (C=O) groups is 1. The highest BCUT2D eigenvalue weighted by molar-refractivity contribution is 6.36. The van der Waals surface area contributed by atoms with Gasteiger partial charge in [0.15, 0.2) is 11.2 Å². The molecule has 0 bridgehead atoms. The van der Waals surface area contributed by atoms with E-state index in [0.717, 1.165) is 9.48 Å². The zero-order valence-electron chi connectivity index (χ0n) is 14.5. The summed E-state index contributed by atoms with van der Waals surface area (Å²) in [5.74, 6) is 0. The van der Waals surface area contributed by atoms with Crippen molar-refractivity contribution in [1.29, 1.82) is 0 Å². The molecular weight excluding hydrogens is 411 g/mol. The Balaban J connectivity index is 1.74. The summed E-state index contributed by atoms with van der Waals surface area (Å²) >= 11 is 12.3. The van der Waals surface area contributed by atoms with Crippen LogP contribution in [0.1, 0.15) is 0 Å². The average molecular weight is 423 g/mol. The molecule has 2 heterocycles. The molecule has 2 aromatic carbocycles. The molecule has 0 atom stereocenters. The first-order valence-electron chi connectivity index (χ1n) is 7.93. The van der Waals surface area contributed by atoms with E-state index >= 15 is 0 Å². The van der Waals surface area contributed by atoms with Gasteiger partial charge in [-0.25, -0.2) is 4.79 Å². The Bertz CT molecular complexity index is 1270. The van der Waals surface area contributed by atoms with E-state index in [1.807, 2.05) is 0 Å². The summed E-state index contributed by atoms with van der Waals surface area (Å²) in [5, 5.41) is 5.95. The molecule has 2 N–H and O–H groups in total. The van der Waals surface area contributed by atoms with Crippen LogP contribution in [-0.4, -0.2) is 15.5 Å². The highest BCUT2D eigenvalue weighted by Crippen LogP contribution is 2.32. The maximum atomic E-state index is 12.6. The van der Waals surface area contributed by atoms with Gasteiger partial charge in [-0.15, -0.1) is 0 Å². The minimum Gasteiger partial charge on any atom is -0.374 e. The Morgan fingerprint density at radius 1 is 0.821 bits per heavy atom. The highest BCUT2D eigenvalue weighted by Gasteiger charge is 2.20. The maximum Gasteiger partial charge on any atom is 0.323 e. The van der Waals surface area contributed by atoms with Crippen LogP contribution >= 0.6 is 23.2 Å². The van der Waals surface area contributed by atoms with Crippen molar-refractivity contribution in [1.82, 2.24) is 9.48 Å². The van der Waals surface area contributed by atoms with Crippen molar-refractivity contribution in [3.8, 4) is 0 Å². The Morgan fingerprint density at radius 3 is 1.61 bits per heavy atom. The number of halogens is 2. The fraction of sp³-hybridized carbons (Fsp3) is 0.118. The van der Waals surface area contributed by atoms with E-state index in [9.17, 15) is 14.4 Å². The van der Waals surface area contributed by atoms with Crippen LogP contribution < -0.4 is 21.8 Å². The molecule has 0 fully saturated rings. The number of anilines is 2. The number of rotatable bonds is 2. The molecule has 4 rings (SSSR count). The Morgan fingerprint density at radius 2 is 1.21 bits per heavy atom. The summed E-state index contributed by atoms with van der Waals surface area (Å²) in [4.78, 5) is 36.6. The average Bonchev–Trinajstić information content (AvgIpc) is 3.10. The van der Waals surface area contributed by atoms with E-state index < -0.39 is 6.03 Å². The van der Waals surface area contributed by atoms with Crippen molar-refractivity contribution in [2.24, 2.45) is 14.1 Å². The molecule has 28 heavy (non-hydrogen) atoms. The first-order chi connectivity index (χ1) is 13.3. The highest BCUT2D eigenvalue weighted by atomic mass is 35.5. The summed E-state index contributed by atoms with van der Waals surface area (Å²) < 4.78 is 12.8. The number of nitrogens with zero attached hydrogens (tertiary/aromatic N) is 2. The Labute approximate surface area is 165 Å². The minimum absolute atomic E-state index is 0.118. The number of hydrogen-bond acceptors (Lipinski definition) is 5. The number of amides is 2. The fourth-order valence-electron chi connectivity index (χ4n) is 2.83. The van der Waals surface area contributed by atoms with Crippen molar-refractivity contribution >= 4 is 62.5 Å². The summed E-state index contributed by atoms with van der Waals surface area (Å²) in [6.45, 7) is 0. The van der Waals surface area contributed by atoms with E-state index in [4.69, 9.17) is 32.2 Å². The number of aryl methyl sites for hydroxylation is 2. The zero-order chi connectivity index (χ0) is 20.2. The normalized spacial score (nSPS) is 11.3. The van der Waals surface area contributed by atoms with Crippen LogP contribution in [0.5, 0.6) is 0 Å². The number of carbonyl (C=O) groups excluding carboxylic acids is 1. The number of hydrogen-bond donors (Lipinski definition) is 2. The lowest BCUT2D eigenvalue weighted by atomic mass is 10.2. The molecule has 2 amide bonds.